The molecule has 156 valence electrons. The Bertz CT molecular complexity index is 890. The van der Waals surface area contributed by atoms with Crippen LogP contribution in [-0.4, -0.2) is 43.5 Å². The Balaban J connectivity index is 2.11. The molecule has 1 amide bonds. The number of benzene rings is 2. The van der Waals surface area contributed by atoms with E-state index < -0.39 is 0 Å². The van der Waals surface area contributed by atoms with E-state index in [1.165, 1.54) is 12.5 Å². The Morgan fingerprint density at radius 3 is 2.21 bits per heavy atom. The van der Waals surface area contributed by atoms with Gasteiger partial charge in [0.1, 0.15) is 5.75 Å². The van der Waals surface area contributed by atoms with Crippen molar-refractivity contribution >= 4 is 35.1 Å². The van der Waals surface area contributed by atoms with E-state index in [9.17, 15) is 9.59 Å². The molecule has 29 heavy (non-hydrogen) atoms. The maximum Gasteiger partial charge on any atom is 0.308 e. The highest BCUT2D eigenvalue weighted by atomic mass is 35.5. The third-order valence-electron chi connectivity index (χ3n) is 4.78. The molecular formula is C22H26Cl2N2O3. The van der Waals surface area contributed by atoms with Gasteiger partial charge in [0, 0.05) is 25.1 Å². The summed E-state index contributed by atoms with van der Waals surface area (Å²) in [7, 11) is 3.96. The van der Waals surface area contributed by atoms with Crippen LogP contribution in [0.4, 0.5) is 0 Å². The van der Waals surface area contributed by atoms with Crippen LogP contribution < -0.4 is 10.1 Å². The van der Waals surface area contributed by atoms with Gasteiger partial charge in [-0.15, -0.1) is 0 Å². The van der Waals surface area contributed by atoms with Gasteiger partial charge in [0.05, 0.1) is 10.0 Å². The summed E-state index contributed by atoms with van der Waals surface area (Å²) >= 11 is 11.9. The van der Waals surface area contributed by atoms with Crippen LogP contribution in [0.1, 0.15) is 34.0 Å². The Labute approximate surface area is 181 Å². The molecule has 0 heterocycles. The summed E-state index contributed by atoms with van der Waals surface area (Å²) in [5, 5.41) is 3.74. The van der Waals surface area contributed by atoms with Crippen LogP contribution in [-0.2, 0) is 11.2 Å². The number of nitrogens with one attached hydrogen (secondary N) is 1. The number of hydrogen-bond donors (Lipinski definition) is 1. The van der Waals surface area contributed by atoms with Crippen molar-refractivity contribution in [3.63, 3.8) is 0 Å². The monoisotopic (exact) mass is 436 g/mol. The molecule has 2 aromatic rings. The van der Waals surface area contributed by atoms with Crippen molar-refractivity contribution in [2.75, 3.05) is 20.6 Å². The van der Waals surface area contributed by atoms with E-state index in [1.807, 2.05) is 40.1 Å². The molecule has 0 fully saturated rings. The van der Waals surface area contributed by atoms with Gasteiger partial charge in [-0.1, -0.05) is 23.2 Å². The molecule has 1 atom stereocenters. The van der Waals surface area contributed by atoms with Gasteiger partial charge < -0.3 is 15.0 Å². The summed E-state index contributed by atoms with van der Waals surface area (Å²) < 4.78 is 5.20. The first kappa shape index (κ1) is 23.2. The predicted octanol–water partition coefficient (Wildman–Crippen LogP) is 4.44. The van der Waals surface area contributed by atoms with Gasteiger partial charge in [0.25, 0.3) is 5.91 Å². The molecule has 0 saturated carbocycles. The van der Waals surface area contributed by atoms with Gasteiger partial charge in [-0.2, -0.15) is 0 Å². The fourth-order valence-electron chi connectivity index (χ4n) is 3.12. The van der Waals surface area contributed by atoms with Crippen molar-refractivity contribution in [3.8, 4) is 5.75 Å². The standard InChI is InChI=1S/C22H26Cl2N2O3/c1-13-8-18(29-15(3)27)9-14(2)19(13)11-17(26(4)5)12-25-22(28)16-6-7-20(23)21(24)10-16/h6-10,17H,11-12H2,1-5H3,(H,25,28)/t17-/m0/s1. The van der Waals surface area contributed by atoms with Gasteiger partial charge in [0.15, 0.2) is 0 Å². The molecule has 1 N–H and O–H groups in total. The van der Waals surface area contributed by atoms with E-state index in [2.05, 4.69) is 10.2 Å². The molecule has 0 aliphatic carbocycles. The number of halogens is 2. The molecule has 0 radical (unpaired) electrons. The van der Waals surface area contributed by atoms with Crippen molar-refractivity contribution in [1.29, 1.82) is 0 Å². The number of hydrogen-bond acceptors (Lipinski definition) is 4. The summed E-state index contributed by atoms with van der Waals surface area (Å²) in [6.45, 7) is 5.85. The predicted molar refractivity (Wildman–Crippen MR) is 117 cm³/mol. The van der Waals surface area contributed by atoms with Crippen molar-refractivity contribution in [2.45, 2.75) is 33.2 Å². The Morgan fingerprint density at radius 1 is 1.07 bits per heavy atom. The molecule has 0 aliphatic rings. The number of amides is 1. The number of rotatable bonds is 7. The molecule has 0 spiro atoms. The minimum Gasteiger partial charge on any atom is -0.427 e. The highest BCUT2D eigenvalue weighted by Crippen LogP contribution is 2.24. The molecule has 0 aromatic heterocycles. The summed E-state index contributed by atoms with van der Waals surface area (Å²) in [4.78, 5) is 25.8. The fraction of sp³-hybridized carbons (Fsp3) is 0.364. The number of carbonyl (C=O) groups is 2. The van der Waals surface area contributed by atoms with E-state index in [-0.39, 0.29) is 17.9 Å². The lowest BCUT2D eigenvalue weighted by Crippen LogP contribution is -2.41. The van der Waals surface area contributed by atoms with Crippen molar-refractivity contribution in [2.24, 2.45) is 0 Å². The van der Waals surface area contributed by atoms with Crippen LogP contribution >= 0.6 is 23.2 Å². The summed E-state index contributed by atoms with van der Waals surface area (Å²) in [6, 6.07) is 8.64. The molecule has 5 nitrogen and oxygen atoms in total. The first-order valence-electron chi connectivity index (χ1n) is 9.26. The van der Waals surface area contributed by atoms with Gasteiger partial charge >= 0.3 is 5.97 Å². The number of ether oxygens (including phenoxy) is 1. The average molecular weight is 437 g/mol. The van der Waals surface area contributed by atoms with E-state index in [4.69, 9.17) is 27.9 Å². The van der Waals surface area contributed by atoms with E-state index in [0.29, 0.717) is 27.9 Å². The van der Waals surface area contributed by atoms with Crippen molar-refractivity contribution in [3.05, 3.63) is 62.6 Å². The van der Waals surface area contributed by atoms with Crippen LogP contribution in [0.25, 0.3) is 0 Å². The number of carbonyl (C=O) groups excluding carboxylic acids is 2. The van der Waals surface area contributed by atoms with Crippen molar-refractivity contribution in [1.82, 2.24) is 10.2 Å². The normalized spacial score (nSPS) is 12.0. The van der Waals surface area contributed by atoms with E-state index in [0.717, 1.165) is 17.5 Å². The Hall–Kier alpha value is -2.08. The summed E-state index contributed by atoms with van der Waals surface area (Å²) in [6.07, 6.45) is 0.743. The lowest BCUT2D eigenvalue weighted by Gasteiger charge is -2.26. The highest BCUT2D eigenvalue weighted by molar-refractivity contribution is 6.42. The van der Waals surface area contributed by atoms with E-state index >= 15 is 0 Å². The number of nitrogens with zero attached hydrogens (tertiary/aromatic N) is 1. The first-order chi connectivity index (χ1) is 13.6. The van der Waals surface area contributed by atoms with Gasteiger partial charge in [-0.05, 0) is 81.4 Å². The van der Waals surface area contributed by atoms with E-state index in [1.54, 1.807) is 18.2 Å². The molecule has 2 rings (SSSR count). The summed E-state index contributed by atoms with van der Waals surface area (Å²) in [5.41, 5.74) is 3.73. The highest BCUT2D eigenvalue weighted by Gasteiger charge is 2.18. The topological polar surface area (TPSA) is 58.6 Å². The second-order valence-corrected chi connectivity index (χ2v) is 8.10. The lowest BCUT2D eigenvalue weighted by molar-refractivity contribution is -0.131. The van der Waals surface area contributed by atoms with Gasteiger partial charge in [0.2, 0.25) is 0 Å². The molecule has 2 aromatic carbocycles. The largest absolute Gasteiger partial charge is 0.427 e. The molecule has 7 heteroatoms. The van der Waals surface area contributed by atoms with Crippen LogP contribution in [0.3, 0.4) is 0 Å². The Kier molecular flexibility index (Phi) is 8.08. The second-order valence-electron chi connectivity index (χ2n) is 7.29. The molecule has 0 saturated heterocycles. The fourth-order valence-corrected chi connectivity index (χ4v) is 3.42. The van der Waals surface area contributed by atoms with Crippen LogP contribution in [0.5, 0.6) is 5.75 Å². The first-order valence-corrected chi connectivity index (χ1v) is 10.0. The smallest absolute Gasteiger partial charge is 0.308 e. The van der Waals surface area contributed by atoms with Crippen LogP contribution in [0.2, 0.25) is 10.0 Å². The van der Waals surface area contributed by atoms with Gasteiger partial charge in [-0.25, -0.2) is 0 Å². The number of aryl methyl sites for hydroxylation is 2. The minimum atomic E-state index is -0.340. The average Bonchev–Trinajstić information content (AvgIpc) is 2.61. The lowest BCUT2D eigenvalue weighted by atomic mass is 9.95. The third kappa shape index (κ3) is 6.46. The maximum atomic E-state index is 12.5. The second kappa shape index (κ2) is 10.1. The zero-order chi connectivity index (χ0) is 21.7. The minimum absolute atomic E-state index is 0.0821. The molecule has 0 unspecified atom stereocenters. The quantitative estimate of drug-likeness (QED) is 0.514. The van der Waals surface area contributed by atoms with Gasteiger partial charge in [-0.3, -0.25) is 9.59 Å². The van der Waals surface area contributed by atoms with Crippen molar-refractivity contribution < 1.29 is 14.3 Å². The maximum absolute atomic E-state index is 12.5. The molecule has 0 bridgehead atoms. The third-order valence-corrected chi connectivity index (χ3v) is 5.52. The molecule has 0 aliphatic heterocycles. The zero-order valence-electron chi connectivity index (χ0n) is 17.3. The molecular weight excluding hydrogens is 411 g/mol. The summed E-state index contributed by atoms with van der Waals surface area (Å²) in [5.74, 6) is 0.00683. The Morgan fingerprint density at radius 2 is 1.69 bits per heavy atom. The zero-order valence-corrected chi connectivity index (χ0v) is 18.8. The number of likely N-dealkylation sites (N-methyl/N-ethyl adjacent to an activating group) is 1. The number of esters is 1. The van der Waals surface area contributed by atoms with Crippen LogP contribution in [0, 0.1) is 13.8 Å². The van der Waals surface area contributed by atoms with Crippen LogP contribution in [0.15, 0.2) is 30.3 Å². The SMILES string of the molecule is CC(=O)Oc1cc(C)c(C[C@@H](CNC(=O)c2ccc(Cl)c(Cl)c2)N(C)C)c(C)c1.